The number of aliphatic hydroxyl groups excluding tert-OH is 1. The van der Waals surface area contributed by atoms with Crippen LogP contribution in [0.5, 0.6) is 5.75 Å². The van der Waals surface area contributed by atoms with E-state index in [9.17, 15) is 4.79 Å². The summed E-state index contributed by atoms with van der Waals surface area (Å²) in [5.41, 5.74) is 2.01. The van der Waals surface area contributed by atoms with Crippen molar-refractivity contribution < 1.29 is 24.4 Å². The topological polar surface area (TPSA) is 81.9 Å². The molecule has 6 nitrogen and oxygen atoms in total. The Labute approximate surface area is 135 Å². The van der Waals surface area contributed by atoms with Crippen LogP contribution >= 0.6 is 0 Å². The number of fused-ring (bicyclic) bond motifs is 1. The zero-order chi connectivity index (χ0) is 16.7. The second-order valence-electron chi connectivity index (χ2n) is 4.94. The van der Waals surface area contributed by atoms with E-state index < -0.39 is 0 Å². The number of nitrogens with one attached hydrogen (secondary N) is 2. The predicted molar refractivity (Wildman–Crippen MR) is 87.8 cm³/mol. The normalized spacial score (nSPS) is 10.6. The molecular weight excluding hydrogens is 296 g/mol. The van der Waals surface area contributed by atoms with Gasteiger partial charge in [-0.15, -0.1) is 0 Å². The molecule has 0 atom stereocenters. The number of H-pyrrole nitrogens is 1. The zero-order valence-corrected chi connectivity index (χ0v) is 13.5. The van der Waals surface area contributed by atoms with Gasteiger partial charge in [-0.3, -0.25) is 0 Å². The van der Waals surface area contributed by atoms with Gasteiger partial charge in [0.2, 0.25) is 5.52 Å². The van der Waals surface area contributed by atoms with Gasteiger partial charge in [0.05, 0.1) is 24.3 Å². The van der Waals surface area contributed by atoms with Crippen LogP contribution in [0.1, 0.15) is 30.6 Å². The number of ether oxygens (including phenoxy) is 2. The van der Waals surface area contributed by atoms with Crippen molar-refractivity contribution in [2.24, 2.45) is 0 Å². The summed E-state index contributed by atoms with van der Waals surface area (Å²) in [6.07, 6.45) is 2.23. The molecule has 0 aliphatic rings. The molecule has 1 heterocycles. The van der Waals surface area contributed by atoms with E-state index in [0.717, 1.165) is 16.7 Å². The number of carbonyl (C=O) groups is 1. The number of rotatable bonds is 8. The van der Waals surface area contributed by atoms with Gasteiger partial charge in [-0.25, -0.2) is 9.78 Å². The maximum absolute atomic E-state index is 12.2. The van der Waals surface area contributed by atoms with Gasteiger partial charge >= 0.3 is 5.97 Å². The lowest BCUT2D eigenvalue weighted by molar-refractivity contribution is -0.344. The minimum absolute atomic E-state index is 0.0861. The van der Waals surface area contributed by atoms with Gasteiger partial charge in [-0.2, -0.15) is 0 Å². The van der Waals surface area contributed by atoms with Crippen molar-refractivity contribution in [3.63, 3.8) is 0 Å². The van der Waals surface area contributed by atoms with E-state index >= 15 is 0 Å². The average Bonchev–Trinajstić information content (AvgIpc) is 2.55. The first kappa shape index (κ1) is 17.0. The van der Waals surface area contributed by atoms with Gasteiger partial charge in [-0.1, -0.05) is 0 Å². The van der Waals surface area contributed by atoms with Crippen LogP contribution in [-0.4, -0.2) is 37.4 Å². The number of hydrogen-bond acceptors (Lipinski definition) is 5. The number of carbonyl (C=O) groups excluding carboxylic acids is 1. The Morgan fingerprint density at radius 1 is 1.30 bits per heavy atom. The fourth-order valence-electron chi connectivity index (χ4n) is 2.33. The van der Waals surface area contributed by atoms with E-state index in [2.05, 4.69) is 10.3 Å². The molecule has 0 fully saturated rings. The highest BCUT2D eigenvalue weighted by Crippen LogP contribution is 2.28. The van der Waals surface area contributed by atoms with Crippen LogP contribution in [0.4, 0.5) is 5.69 Å². The Kier molecular flexibility index (Phi) is 6.17. The molecule has 0 aliphatic carbocycles. The van der Waals surface area contributed by atoms with Gasteiger partial charge in [0.1, 0.15) is 11.3 Å². The van der Waals surface area contributed by atoms with Gasteiger partial charge < -0.3 is 19.9 Å². The summed E-state index contributed by atoms with van der Waals surface area (Å²) in [5, 5.41) is 13.1. The van der Waals surface area contributed by atoms with Crippen LogP contribution in [0.15, 0.2) is 24.4 Å². The molecule has 0 aliphatic heterocycles. The highest BCUT2D eigenvalue weighted by Gasteiger charge is 2.20. The molecule has 0 spiro atoms. The van der Waals surface area contributed by atoms with Crippen LogP contribution in [0.3, 0.4) is 0 Å². The smallest absolute Gasteiger partial charge is 0.346 e. The van der Waals surface area contributed by atoms with Crippen molar-refractivity contribution >= 4 is 22.6 Å². The summed E-state index contributed by atoms with van der Waals surface area (Å²) in [7, 11) is 0. The summed E-state index contributed by atoms with van der Waals surface area (Å²) < 4.78 is 10.7. The first-order valence-corrected chi connectivity index (χ1v) is 7.84. The number of esters is 1. The molecule has 1 aromatic heterocycles. The van der Waals surface area contributed by atoms with E-state index in [-0.39, 0.29) is 12.6 Å². The first-order chi connectivity index (χ1) is 11.2. The Morgan fingerprint density at radius 3 is 2.83 bits per heavy atom. The summed E-state index contributed by atoms with van der Waals surface area (Å²) in [5.74, 6) is 0.346. The van der Waals surface area contributed by atoms with E-state index in [4.69, 9.17) is 14.6 Å². The fraction of sp³-hybridized carbons (Fsp3) is 0.412. The summed E-state index contributed by atoms with van der Waals surface area (Å²) in [6, 6.07) is 5.68. The molecule has 2 aromatic rings. The van der Waals surface area contributed by atoms with Crippen molar-refractivity contribution in [1.29, 1.82) is 0 Å². The number of hydrogen-bond donors (Lipinski definition) is 2. The number of aliphatic hydroxyl groups is 1. The Balaban J connectivity index is 2.50. The number of aromatic nitrogens is 1. The van der Waals surface area contributed by atoms with Crippen LogP contribution < -0.4 is 15.0 Å². The van der Waals surface area contributed by atoms with Crippen molar-refractivity contribution in [2.75, 3.05) is 31.7 Å². The van der Waals surface area contributed by atoms with Crippen molar-refractivity contribution in [3.8, 4) is 5.75 Å². The van der Waals surface area contributed by atoms with E-state index in [1.807, 2.05) is 25.1 Å². The molecule has 6 heteroatoms. The van der Waals surface area contributed by atoms with Gasteiger partial charge in [0, 0.05) is 19.2 Å². The third-order valence-corrected chi connectivity index (χ3v) is 3.34. The Hall–Kier alpha value is -2.34. The van der Waals surface area contributed by atoms with E-state index in [0.29, 0.717) is 37.4 Å². The molecule has 0 saturated heterocycles. The molecule has 3 N–H and O–H groups in total. The highest BCUT2D eigenvalue weighted by atomic mass is 16.5. The summed E-state index contributed by atoms with van der Waals surface area (Å²) in [4.78, 5) is 15.3. The van der Waals surface area contributed by atoms with Crippen LogP contribution in [0, 0.1) is 0 Å². The molecule has 0 saturated carbocycles. The monoisotopic (exact) mass is 319 g/mol. The maximum Gasteiger partial charge on any atom is 0.346 e. The first-order valence-electron chi connectivity index (χ1n) is 7.84. The largest absolute Gasteiger partial charge is 0.494 e. The SMILES string of the molecule is CCOC(=O)c1c[nH+]c2ccc(OCC)cc2c1NCCCO. The molecule has 0 amide bonds. The molecule has 23 heavy (non-hydrogen) atoms. The second kappa shape index (κ2) is 8.33. The minimum Gasteiger partial charge on any atom is -0.494 e. The average molecular weight is 319 g/mol. The van der Waals surface area contributed by atoms with Crippen LogP contribution in [-0.2, 0) is 4.74 Å². The quantitative estimate of drug-likeness (QED) is 0.575. The Morgan fingerprint density at radius 2 is 2.13 bits per heavy atom. The lowest BCUT2D eigenvalue weighted by Crippen LogP contribution is -2.17. The Bertz CT molecular complexity index is 673. The van der Waals surface area contributed by atoms with Crippen LogP contribution in [0.2, 0.25) is 0 Å². The fourth-order valence-corrected chi connectivity index (χ4v) is 2.33. The van der Waals surface area contributed by atoms with Crippen molar-refractivity contribution in [2.45, 2.75) is 20.3 Å². The molecule has 124 valence electrons. The van der Waals surface area contributed by atoms with Crippen molar-refractivity contribution in [3.05, 3.63) is 30.0 Å². The van der Waals surface area contributed by atoms with Gasteiger partial charge in [0.15, 0.2) is 6.20 Å². The minimum atomic E-state index is -0.390. The van der Waals surface area contributed by atoms with E-state index in [1.165, 1.54) is 0 Å². The van der Waals surface area contributed by atoms with E-state index in [1.54, 1.807) is 13.1 Å². The molecule has 2 rings (SSSR count). The predicted octanol–water partition coefficient (Wildman–Crippen LogP) is 2.02. The number of aromatic amines is 1. The number of benzene rings is 1. The lowest BCUT2D eigenvalue weighted by atomic mass is 10.1. The summed E-state index contributed by atoms with van der Waals surface area (Å²) >= 11 is 0. The standard InChI is InChI=1S/C17H22N2O4/c1-3-22-12-6-7-15-13(10-12)16(18-8-5-9-20)14(11-19-15)17(21)23-4-2/h6-7,10-11,20H,3-5,8-9H2,1-2H3,(H,18,19)/p+1. The van der Waals surface area contributed by atoms with Gasteiger partial charge in [-0.05, 0) is 32.4 Å². The van der Waals surface area contributed by atoms with Crippen molar-refractivity contribution in [1.82, 2.24) is 0 Å². The van der Waals surface area contributed by atoms with Gasteiger partial charge in [0.25, 0.3) is 0 Å². The number of anilines is 1. The lowest BCUT2D eigenvalue weighted by Gasteiger charge is -2.12. The highest BCUT2D eigenvalue weighted by molar-refractivity contribution is 6.04. The molecule has 1 aromatic carbocycles. The number of pyridine rings is 1. The molecule has 0 radical (unpaired) electrons. The molecular formula is C17H23N2O4+. The zero-order valence-electron chi connectivity index (χ0n) is 13.5. The molecule has 0 bridgehead atoms. The second-order valence-corrected chi connectivity index (χ2v) is 4.94. The third kappa shape index (κ3) is 4.10. The molecule has 0 unspecified atom stereocenters. The maximum atomic E-state index is 12.2. The van der Waals surface area contributed by atoms with Crippen LogP contribution in [0.25, 0.3) is 10.9 Å². The summed E-state index contributed by atoms with van der Waals surface area (Å²) in [6.45, 7) is 5.22. The third-order valence-electron chi connectivity index (χ3n) is 3.34.